The lowest BCUT2D eigenvalue weighted by Crippen LogP contribution is -2.39. The molecule has 7 heteroatoms. The van der Waals surface area contributed by atoms with Crippen LogP contribution in [0.25, 0.3) is 0 Å². The van der Waals surface area contributed by atoms with Crippen molar-refractivity contribution in [1.82, 2.24) is 14.9 Å². The second kappa shape index (κ2) is 8.60. The molecule has 7 nitrogen and oxygen atoms in total. The molecule has 0 spiro atoms. The van der Waals surface area contributed by atoms with Crippen LogP contribution in [0.15, 0.2) is 6.07 Å². The summed E-state index contributed by atoms with van der Waals surface area (Å²) in [6.07, 6.45) is 3.51. The second-order valence-electron chi connectivity index (χ2n) is 6.75. The van der Waals surface area contributed by atoms with Crippen LogP contribution in [0.1, 0.15) is 31.4 Å². The van der Waals surface area contributed by atoms with Crippen molar-refractivity contribution in [3.8, 4) is 0 Å². The number of hydrogen-bond acceptors (Lipinski definition) is 7. The van der Waals surface area contributed by atoms with Crippen molar-refractivity contribution in [2.45, 2.75) is 44.8 Å². The summed E-state index contributed by atoms with van der Waals surface area (Å²) < 4.78 is 5.37. The Balaban J connectivity index is 1.49. The third kappa shape index (κ3) is 5.29. The third-order valence-electron chi connectivity index (χ3n) is 4.72. The van der Waals surface area contributed by atoms with E-state index in [0.29, 0.717) is 12.0 Å². The maximum atomic E-state index is 9.61. The van der Waals surface area contributed by atoms with Gasteiger partial charge in [-0.15, -0.1) is 0 Å². The van der Waals surface area contributed by atoms with Crippen molar-refractivity contribution in [2.24, 2.45) is 0 Å². The van der Waals surface area contributed by atoms with Crippen molar-refractivity contribution in [1.29, 1.82) is 0 Å². The largest absolute Gasteiger partial charge is 0.393 e. The second-order valence-corrected chi connectivity index (χ2v) is 6.75. The van der Waals surface area contributed by atoms with Crippen LogP contribution in [0, 0.1) is 6.92 Å². The molecular weight excluding hydrogens is 306 g/mol. The topological polar surface area (TPSA) is 82.5 Å². The first kappa shape index (κ1) is 17.4. The number of morpholine rings is 1. The van der Waals surface area contributed by atoms with E-state index in [1.807, 2.05) is 13.0 Å². The van der Waals surface area contributed by atoms with E-state index in [9.17, 15) is 5.11 Å². The zero-order valence-electron chi connectivity index (χ0n) is 14.5. The van der Waals surface area contributed by atoms with Crippen LogP contribution in [-0.2, 0) is 4.74 Å². The fourth-order valence-electron chi connectivity index (χ4n) is 3.29. The number of ether oxygens (including phenoxy) is 1. The Hall–Kier alpha value is -1.44. The van der Waals surface area contributed by atoms with Gasteiger partial charge in [-0.2, -0.15) is 4.98 Å². The van der Waals surface area contributed by atoms with Crippen LogP contribution in [0.2, 0.25) is 0 Å². The van der Waals surface area contributed by atoms with Gasteiger partial charge in [0.1, 0.15) is 5.82 Å². The van der Waals surface area contributed by atoms with Crippen LogP contribution >= 0.6 is 0 Å². The Morgan fingerprint density at radius 1 is 1.21 bits per heavy atom. The molecule has 0 aromatic carbocycles. The molecule has 2 heterocycles. The molecular formula is C17H29N5O2. The van der Waals surface area contributed by atoms with Gasteiger partial charge in [-0.3, -0.25) is 4.90 Å². The van der Waals surface area contributed by atoms with E-state index in [1.165, 1.54) is 0 Å². The summed E-state index contributed by atoms with van der Waals surface area (Å²) in [4.78, 5) is 11.5. The predicted octanol–water partition coefficient (Wildman–Crippen LogP) is 1.24. The van der Waals surface area contributed by atoms with Crippen molar-refractivity contribution in [2.75, 3.05) is 50.0 Å². The minimum atomic E-state index is -0.140. The molecule has 0 radical (unpaired) electrons. The Morgan fingerprint density at radius 2 is 1.96 bits per heavy atom. The van der Waals surface area contributed by atoms with Crippen molar-refractivity contribution in [3.05, 3.63) is 11.8 Å². The van der Waals surface area contributed by atoms with Crippen LogP contribution in [0.4, 0.5) is 11.8 Å². The predicted molar refractivity (Wildman–Crippen MR) is 94.4 cm³/mol. The molecule has 1 aromatic rings. The fourth-order valence-corrected chi connectivity index (χ4v) is 3.29. The van der Waals surface area contributed by atoms with Crippen LogP contribution in [-0.4, -0.2) is 71.5 Å². The van der Waals surface area contributed by atoms with Gasteiger partial charge in [0.05, 0.1) is 19.3 Å². The molecule has 3 N–H and O–H groups in total. The molecule has 3 rings (SSSR count). The number of aliphatic hydroxyl groups excluding tert-OH is 1. The number of nitrogens with one attached hydrogen (secondary N) is 2. The average Bonchev–Trinajstić information content (AvgIpc) is 2.57. The van der Waals surface area contributed by atoms with Gasteiger partial charge in [0, 0.05) is 44.0 Å². The molecule has 1 aliphatic heterocycles. The normalized spacial score (nSPS) is 25.4. The number of nitrogens with zero attached hydrogens (tertiary/aromatic N) is 3. The summed E-state index contributed by atoms with van der Waals surface area (Å²) in [5.74, 6) is 1.55. The number of rotatable bonds is 6. The first-order valence-electron chi connectivity index (χ1n) is 9.03. The van der Waals surface area contributed by atoms with E-state index in [4.69, 9.17) is 4.74 Å². The SMILES string of the molecule is Cc1cc(NCCN2CCOCC2)nc(NC2CCC(O)CC2)n1. The quantitative estimate of drug-likeness (QED) is 0.721. The average molecular weight is 335 g/mol. The maximum Gasteiger partial charge on any atom is 0.225 e. The third-order valence-corrected chi connectivity index (χ3v) is 4.72. The highest BCUT2D eigenvalue weighted by molar-refractivity contribution is 5.42. The highest BCUT2D eigenvalue weighted by atomic mass is 16.5. The molecule has 24 heavy (non-hydrogen) atoms. The van der Waals surface area contributed by atoms with Crippen molar-refractivity contribution >= 4 is 11.8 Å². The summed E-state index contributed by atoms with van der Waals surface area (Å²) in [6.45, 7) is 7.52. The van der Waals surface area contributed by atoms with Gasteiger partial charge in [0.15, 0.2) is 0 Å². The molecule has 0 bridgehead atoms. The lowest BCUT2D eigenvalue weighted by atomic mass is 9.93. The highest BCUT2D eigenvalue weighted by Crippen LogP contribution is 2.21. The molecule has 1 aromatic heterocycles. The number of aryl methyl sites for hydroxylation is 1. The molecule has 1 aliphatic carbocycles. The van der Waals surface area contributed by atoms with E-state index >= 15 is 0 Å². The molecule has 0 amide bonds. The summed E-state index contributed by atoms with van der Waals surface area (Å²) in [7, 11) is 0. The van der Waals surface area contributed by atoms with Gasteiger partial charge in [0.25, 0.3) is 0 Å². The number of aliphatic hydroxyl groups is 1. The Labute approximate surface area is 143 Å². The van der Waals surface area contributed by atoms with Gasteiger partial charge < -0.3 is 20.5 Å². The van der Waals surface area contributed by atoms with Crippen molar-refractivity contribution in [3.63, 3.8) is 0 Å². The minimum Gasteiger partial charge on any atom is -0.393 e. The molecule has 0 unspecified atom stereocenters. The molecule has 134 valence electrons. The van der Waals surface area contributed by atoms with E-state index in [2.05, 4.69) is 25.5 Å². The minimum absolute atomic E-state index is 0.140. The Bertz CT molecular complexity index is 514. The molecule has 1 saturated carbocycles. The molecule has 0 atom stereocenters. The maximum absolute atomic E-state index is 9.61. The van der Waals surface area contributed by atoms with Crippen LogP contribution < -0.4 is 10.6 Å². The van der Waals surface area contributed by atoms with Crippen LogP contribution in [0.3, 0.4) is 0 Å². The van der Waals surface area contributed by atoms with Gasteiger partial charge in [-0.05, 0) is 32.6 Å². The monoisotopic (exact) mass is 335 g/mol. The molecule has 2 aliphatic rings. The first-order chi connectivity index (χ1) is 11.7. The standard InChI is InChI=1S/C17H29N5O2/c1-13-12-16(18-6-7-22-8-10-24-11-9-22)21-17(19-13)20-14-2-4-15(23)5-3-14/h12,14-15,23H,2-11H2,1H3,(H2,18,19,20,21). The van der Waals surface area contributed by atoms with Crippen molar-refractivity contribution < 1.29 is 9.84 Å². The number of anilines is 2. The summed E-state index contributed by atoms with van der Waals surface area (Å²) >= 11 is 0. The zero-order valence-corrected chi connectivity index (χ0v) is 14.5. The lowest BCUT2D eigenvalue weighted by Gasteiger charge is -2.27. The first-order valence-corrected chi connectivity index (χ1v) is 9.03. The molecule has 1 saturated heterocycles. The molecule has 2 fully saturated rings. The van der Waals surface area contributed by atoms with E-state index in [-0.39, 0.29) is 6.10 Å². The van der Waals surface area contributed by atoms with Gasteiger partial charge >= 0.3 is 0 Å². The van der Waals surface area contributed by atoms with E-state index in [0.717, 1.165) is 76.6 Å². The lowest BCUT2D eigenvalue weighted by molar-refractivity contribution is 0.0398. The summed E-state index contributed by atoms with van der Waals surface area (Å²) in [5, 5.41) is 16.4. The number of aromatic nitrogens is 2. The summed E-state index contributed by atoms with van der Waals surface area (Å²) in [5.41, 5.74) is 0.956. The van der Waals surface area contributed by atoms with Crippen LogP contribution in [0.5, 0.6) is 0 Å². The van der Waals surface area contributed by atoms with Gasteiger partial charge in [0.2, 0.25) is 5.95 Å². The number of hydrogen-bond donors (Lipinski definition) is 3. The Morgan fingerprint density at radius 3 is 2.71 bits per heavy atom. The fraction of sp³-hybridized carbons (Fsp3) is 0.765. The zero-order chi connectivity index (χ0) is 16.8. The summed E-state index contributed by atoms with van der Waals surface area (Å²) in [6, 6.07) is 2.34. The smallest absolute Gasteiger partial charge is 0.225 e. The van der Waals surface area contributed by atoms with E-state index < -0.39 is 0 Å². The highest BCUT2D eigenvalue weighted by Gasteiger charge is 2.20. The Kier molecular flexibility index (Phi) is 6.23. The van der Waals surface area contributed by atoms with Gasteiger partial charge in [-0.25, -0.2) is 4.98 Å². The van der Waals surface area contributed by atoms with Gasteiger partial charge in [-0.1, -0.05) is 0 Å². The van der Waals surface area contributed by atoms with E-state index in [1.54, 1.807) is 0 Å².